The second kappa shape index (κ2) is 5.01. The monoisotopic (exact) mass is 150 g/mol. The van der Waals surface area contributed by atoms with Crippen molar-refractivity contribution in [2.24, 2.45) is 22.9 Å². The van der Waals surface area contributed by atoms with E-state index in [-0.39, 0.29) is 12.3 Å². The fourth-order valence-corrected chi connectivity index (χ4v) is 1.02. The molecule has 0 aromatic rings. The first-order valence-electron chi connectivity index (χ1n) is 2.73. The molecule has 0 unspecified atom stereocenters. The summed E-state index contributed by atoms with van der Waals surface area (Å²) >= 11 is 1.57. The van der Waals surface area contributed by atoms with Crippen molar-refractivity contribution in [1.29, 1.82) is 0 Å². The lowest BCUT2D eigenvalue weighted by Crippen LogP contribution is -2.36. The molecule has 8 N–H and O–H groups in total. The first kappa shape index (κ1) is 9.19. The second-order valence-electron chi connectivity index (χ2n) is 1.87. The van der Waals surface area contributed by atoms with Gasteiger partial charge in [-0.25, -0.2) is 0 Å². The summed E-state index contributed by atoms with van der Waals surface area (Å²) in [4.78, 5) is 0. The maximum atomic E-state index is 5.25. The molecule has 0 spiro atoms. The van der Waals surface area contributed by atoms with Crippen LogP contribution in [-0.2, 0) is 0 Å². The van der Waals surface area contributed by atoms with E-state index in [1.165, 1.54) is 0 Å². The lowest BCUT2D eigenvalue weighted by Gasteiger charge is -2.06. The smallest absolute Gasteiger partial charge is 0.0614 e. The maximum Gasteiger partial charge on any atom is 0.0614 e. The third kappa shape index (κ3) is 8.19. The Bertz CT molecular complexity index is 57.6. The average molecular weight is 150 g/mol. The van der Waals surface area contributed by atoms with Gasteiger partial charge in [0.25, 0.3) is 0 Å². The van der Waals surface area contributed by atoms with Crippen molar-refractivity contribution in [3.05, 3.63) is 0 Å². The van der Waals surface area contributed by atoms with Gasteiger partial charge in [0.05, 0.1) is 12.3 Å². The van der Waals surface area contributed by atoms with Crippen LogP contribution >= 0.6 is 11.8 Å². The standard InChI is InChI=1S/C4H14N4S/c5-3(6)1-9-2-4(7)8/h3-4H,1-2,5-8H2. The molecule has 0 rings (SSSR count). The molecule has 0 aliphatic heterocycles. The van der Waals surface area contributed by atoms with E-state index in [9.17, 15) is 0 Å². The van der Waals surface area contributed by atoms with E-state index < -0.39 is 0 Å². The first-order chi connectivity index (χ1) is 4.13. The average Bonchev–Trinajstić information content (AvgIpc) is 1.63. The van der Waals surface area contributed by atoms with E-state index in [4.69, 9.17) is 22.9 Å². The molecule has 0 aliphatic rings. The molecule has 0 aromatic carbocycles. The summed E-state index contributed by atoms with van der Waals surface area (Å²) in [5.74, 6) is 1.43. The van der Waals surface area contributed by atoms with Crippen LogP contribution in [0, 0.1) is 0 Å². The fourth-order valence-electron chi connectivity index (χ4n) is 0.340. The molecule has 9 heavy (non-hydrogen) atoms. The summed E-state index contributed by atoms with van der Waals surface area (Å²) < 4.78 is 0. The summed E-state index contributed by atoms with van der Waals surface area (Å²) in [7, 11) is 0. The van der Waals surface area contributed by atoms with Gasteiger partial charge in [0.2, 0.25) is 0 Å². The molecule has 56 valence electrons. The topological polar surface area (TPSA) is 104 Å². The fraction of sp³-hybridized carbons (Fsp3) is 1.00. The van der Waals surface area contributed by atoms with Crippen LogP contribution < -0.4 is 22.9 Å². The third-order valence-corrected chi connectivity index (χ3v) is 1.86. The molecule has 0 atom stereocenters. The van der Waals surface area contributed by atoms with Gasteiger partial charge in [0.1, 0.15) is 0 Å². The molecule has 0 fully saturated rings. The van der Waals surface area contributed by atoms with Crippen LogP contribution in [0.25, 0.3) is 0 Å². The first-order valence-corrected chi connectivity index (χ1v) is 3.88. The van der Waals surface area contributed by atoms with Gasteiger partial charge in [-0.2, -0.15) is 11.8 Å². The van der Waals surface area contributed by atoms with E-state index in [2.05, 4.69) is 0 Å². The number of thioether (sulfide) groups is 1. The predicted molar refractivity (Wildman–Crippen MR) is 41.7 cm³/mol. The van der Waals surface area contributed by atoms with Crippen LogP contribution in [-0.4, -0.2) is 23.8 Å². The zero-order valence-corrected chi connectivity index (χ0v) is 6.10. The highest BCUT2D eigenvalue weighted by atomic mass is 32.2. The van der Waals surface area contributed by atoms with Gasteiger partial charge in [0.15, 0.2) is 0 Å². The van der Waals surface area contributed by atoms with Gasteiger partial charge in [-0.1, -0.05) is 0 Å². The maximum absolute atomic E-state index is 5.25. The van der Waals surface area contributed by atoms with E-state index in [0.29, 0.717) is 11.5 Å². The van der Waals surface area contributed by atoms with E-state index in [0.717, 1.165) is 0 Å². The van der Waals surface area contributed by atoms with Gasteiger partial charge in [-0.3, -0.25) is 0 Å². The molecule has 0 heterocycles. The van der Waals surface area contributed by atoms with E-state index in [1.54, 1.807) is 11.8 Å². The van der Waals surface area contributed by atoms with Crippen LogP contribution in [0.4, 0.5) is 0 Å². The van der Waals surface area contributed by atoms with Gasteiger partial charge >= 0.3 is 0 Å². The van der Waals surface area contributed by atoms with Crippen LogP contribution in [0.15, 0.2) is 0 Å². The Morgan fingerprint density at radius 2 is 1.22 bits per heavy atom. The SMILES string of the molecule is NC(N)CSCC(N)N. The summed E-state index contributed by atoms with van der Waals surface area (Å²) in [5.41, 5.74) is 21.0. The molecular formula is C4H14N4S. The van der Waals surface area contributed by atoms with Crippen LogP contribution in [0.5, 0.6) is 0 Å². The molecule has 5 heteroatoms. The van der Waals surface area contributed by atoms with Crippen LogP contribution in [0.3, 0.4) is 0 Å². The van der Waals surface area contributed by atoms with Crippen molar-refractivity contribution in [2.75, 3.05) is 11.5 Å². The van der Waals surface area contributed by atoms with Gasteiger partial charge in [0, 0.05) is 11.5 Å². The number of nitrogens with two attached hydrogens (primary N) is 4. The highest BCUT2D eigenvalue weighted by Crippen LogP contribution is 1.97. The minimum Gasteiger partial charge on any atom is -0.315 e. The molecule has 0 aromatic heterocycles. The van der Waals surface area contributed by atoms with Crippen molar-refractivity contribution in [1.82, 2.24) is 0 Å². The van der Waals surface area contributed by atoms with Crippen molar-refractivity contribution < 1.29 is 0 Å². The quantitative estimate of drug-likeness (QED) is 0.354. The molecule has 0 amide bonds. The van der Waals surface area contributed by atoms with Gasteiger partial charge in [-0.15, -0.1) is 0 Å². The van der Waals surface area contributed by atoms with Crippen LogP contribution in [0.1, 0.15) is 0 Å². The molecule has 0 saturated heterocycles. The Balaban J connectivity index is 2.91. The Hall–Kier alpha value is 0.190. The largest absolute Gasteiger partial charge is 0.315 e. The minimum absolute atomic E-state index is 0.256. The minimum atomic E-state index is -0.256. The zero-order chi connectivity index (χ0) is 7.28. The van der Waals surface area contributed by atoms with Crippen molar-refractivity contribution in [3.8, 4) is 0 Å². The number of hydrogen-bond donors (Lipinski definition) is 4. The molecule has 0 radical (unpaired) electrons. The molecule has 0 saturated carbocycles. The molecule has 4 nitrogen and oxygen atoms in total. The number of rotatable bonds is 4. The van der Waals surface area contributed by atoms with E-state index in [1.807, 2.05) is 0 Å². The summed E-state index contributed by atoms with van der Waals surface area (Å²) in [6.07, 6.45) is -0.512. The Morgan fingerprint density at radius 3 is 1.44 bits per heavy atom. The summed E-state index contributed by atoms with van der Waals surface area (Å²) in [5, 5.41) is 0. The van der Waals surface area contributed by atoms with Crippen LogP contribution in [0.2, 0.25) is 0 Å². The number of hydrogen-bond acceptors (Lipinski definition) is 5. The van der Waals surface area contributed by atoms with Gasteiger partial charge in [-0.05, 0) is 0 Å². The van der Waals surface area contributed by atoms with E-state index >= 15 is 0 Å². The Kier molecular flexibility index (Phi) is 5.12. The predicted octanol–water partition coefficient (Wildman–Crippen LogP) is -1.79. The highest BCUT2D eigenvalue weighted by molar-refractivity contribution is 7.99. The molecule has 0 bridgehead atoms. The van der Waals surface area contributed by atoms with Gasteiger partial charge < -0.3 is 22.9 Å². The summed E-state index contributed by atoms with van der Waals surface area (Å²) in [6.45, 7) is 0. The third-order valence-electron chi connectivity index (χ3n) is 0.621. The Morgan fingerprint density at radius 1 is 0.889 bits per heavy atom. The summed E-state index contributed by atoms with van der Waals surface area (Å²) in [6, 6.07) is 0. The van der Waals surface area contributed by atoms with Crippen molar-refractivity contribution in [2.45, 2.75) is 12.3 Å². The molecular weight excluding hydrogens is 136 g/mol. The lowest BCUT2D eigenvalue weighted by molar-refractivity contribution is 0.784. The van der Waals surface area contributed by atoms with Crippen molar-refractivity contribution >= 4 is 11.8 Å². The second-order valence-corrected chi connectivity index (χ2v) is 2.94. The van der Waals surface area contributed by atoms with Crippen molar-refractivity contribution in [3.63, 3.8) is 0 Å². The molecule has 0 aliphatic carbocycles. The lowest BCUT2D eigenvalue weighted by atomic mass is 10.6. The Labute approximate surface area is 59.3 Å². The zero-order valence-electron chi connectivity index (χ0n) is 5.29. The highest BCUT2D eigenvalue weighted by Gasteiger charge is 1.96. The normalized spacial score (nSPS) is 11.3.